The summed E-state index contributed by atoms with van der Waals surface area (Å²) in [7, 11) is 4.07. The predicted octanol–water partition coefficient (Wildman–Crippen LogP) is 2.22. The summed E-state index contributed by atoms with van der Waals surface area (Å²) in [6.45, 7) is 3.57. The molecule has 0 N–H and O–H groups in total. The number of nitrogens with zero attached hydrogens (tertiary/aromatic N) is 5. The van der Waals surface area contributed by atoms with E-state index >= 15 is 0 Å². The first-order chi connectivity index (χ1) is 12.1. The van der Waals surface area contributed by atoms with Crippen LogP contribution in [0.3, 0.4) is 0 Å². The SMILES string of the molecule is CN(C)c1nc(N2CCCC2)nc2c1CN(C(=O)C1CCCC1)CC2. The Kier molecular flexibility index (Phi) is 4.52. The van der Waals surface area contributed by atoms with Gasteiger partial charge in [-0.2, -0.15) is 4.98 Å². The first kappa shape index (κ1) is 16.6. The van der Waals surface area contributed by atoms with Gasteiger partial charge in [-0.3, -0.25) is 4.79 Å². The van der Waals surface area contributed by atoms with Crippen molar-refractivity contribution in [2.24, 2.45) is 5.92 Å². The molecule has 1 aromatic heterocycles. The molecule has 0 atom stereocenters. The molecule has 0 radical (unpaired) electrons. The monoisotopic (exact) mass is 343 g/mol. The standard InChI is InChI=1S/C19H29N5O/c1-22(2)17-15-13-24(18(25)14-7-3-4-8-14)12-9-16(15)20-19(21-17)23-10-5-6-11-23/h14H,3-13H2,1-2H3. The van der Waals surface area contributed by atoms with Crippen molar-refractivity contribution < 1.29 is 4.79 Å². The van der Waals surface area contributed by atoms with Crippen molar-refractivity contribution in [1.29, 1.82) is 0 Å². The van der Waals surface area contributed by atoms with Crippen LogP contribution in [0.1, 0.15) is 49.8 Å². The summed E-state index contributed by atoms with van der Waals surface area (Å²) >= 11 is 0. The minimum atomic E-state index is 0.245. The molecule has 25 heavy (non-hydrogen) atoms. The van der Waals surface area contributed by atoms with E-state index in [1.165, 1.54) is 25.7 Å². The van der Waals surface area contributed by atoms with E-state index < -0.39 is 0 Å². The largest absolute Gasteiger partial charge is 0.362 e. The van der Waals surface area contributed by atoms with Crippen molar-refractivity contribution in [1.82, 2.24) is 14.9 Å². The maximum Gasteiger partial charge on any atom is 0.227 e. The number of hydrogen-bond donors (Lipinski definition) is 0. The van der Waals surface area contributed by atoms with Crippen molar-refractivity contribution >= 4 is 17.7 Å². The van der Waals surface area contributed by atoms with Gasteiger partial charge in [-0.1, -0.05) is 12.8 Å². The first-order valence-electron chi connectivity index (χ1n) is 9.74. The second-order valence-electron chi connectivity index (χ2n) is 7.85. The lowest BCUT2D eigenvalue weighted by Gasteiger charge is -2.33. The van der Waals surface area contributed by atoms with Gasteiger partial charge in [0.15, 0.2) is 0 Å². The highest BCUT2D eigenvalue weighted by Crippen LogP contribution is 2.32. The molecule has 6 nitrogen and oxygen atoms in total. The van der Waals surface area contributed by atoms with Crippen molar-refractivity contribution in [2.45, 2.75) is 51.5 Å². The lowest BCUT2D eigenvalue weighted by Crippen LogP contribution is -2.40. The molecule has 0 unspecified atom stereocenters. The maximum absolute atomic E-state index is 12.8. The van der Waals surface area contributed by atoms with E-state index in [1.54, 1.807) is 0 Å². The van der Waals surface area contributed by atoms with Gasteiger partial charge in [0.1, 0.15) is 5.82 Å². The van der Waals surface area contributed by atoms with Gasteiger partial charge in [0.05, 0.1) is 12.2 Å². The molecular formula is C19H29N5O. The van der Waals surface area contributed by atoms with Crippen LogP contribution in [0.5, 0.6) is 0 Å². The van der Waals surface area contributed by atoms with Gasteiger partial charge in [-0.05, 0) is 25.7 Å². The van der Waals surface area contributed by atoms with Crippen LogP contribution in [-0.4, -0.2) is 54.5 Å². The molecular weight excluding hydrogens is 314 g/mol. The zero-order chi connectivity index (χ0) is 17.4. The zero-order valence-corrected chi connectivity index (χ0v) is 15.5. The highest BCUT2D eigenvalue weighted by atomic mass is 16.2. The number of fused-ring (bicyclic) bond motifs is 1. The van der Waals surface area contributed by atoms with Crippen LogP contribution < -0.4 is 9.80 Å². The van der Waals surface area contributed by atoms with Gasteiger partial charge in [0, 0.05) is 51.6 Å². The third-order valence-corrected chi connectivity index (χ3v) is 5.86. The summed E-state index contributed by atoms with van der Waals surface area (Å²) in [6, 6.07) is 0. The van der Waals surface area contributed by atoms with E-state index in [2.05, 4.69) is 9.80 Å². The van der Waals surface area contributed by atoms with Crippen molar-refractivity contribution in [3.8, 4) is 0 Å². The summed E-state index contributed by atoms with van der Waals surface area (Å²) < 4.78 is 0. The lowest BCUT2D eigenvalue weighted by molar-refractivity contribution is -0.136. The van der Waals surface area contributed by atoms with Crippen LogP contribution in [0, 0.1) is 5.92 Å². The molecule has 0 bridgehead atoms. The average Bonchev–Trinajstić information content (AvgIpc) is 3.32. The van der Waals surface area contributed by atoms with E-state index in [9.17, 15) is 4.79 Å². The zero-order valence-electron chi connectivity index (χ0n) is 15.5. The van der Waals surface area contributed by atoms with Crippen LogP contribution in [0.4, 0.5) is 11.8 Å². The Balaban J connectivity index is 1.61. The second-order valence-corrected chi connectivity index (χ2v) is 7.85. The highest BCUT2D eigenvalue weighted by Gasteiger charge is 2.32. The molecule has 1 aromatic rings. The molecule has 0 spiro atoms. The smallest absolute Gasteiger partial charge is 0.227 e. The van der Waals surface area contributed by atoms with Gasteiger partial charge in [-0.15, -0.1) is 0 Å². The number of carbonyl (C=O) groups is 1. The molecule has 2 fully saturated rings. The molecule has 2 aliphatic heterocycles. The van der Waals surface area contributed by atoms with Crippen molar-refractivity contribution in [2.75, 3.05) is 43.5 Å². The molecule has 3 heterocycles. The van der Waals surface area contributed by atoms with E-state index in [0.717, 1.165) is 61.9 Å². The number of hydrogen-bond acceptors (Lipinski definition) is 5. The number of carbonyl (C=O) groups excluding carboxylic acids is 1. The Labute approximate surface area is 150 Å². The Hall–Kier alpha value is -1.85. The van der Waals surface area contributed by atoms with Gasteiger partial charge >= 0.3 is 0 Å². The Bertz CT molecular complexity index is 647. The molecule has 0 aromatic carbocycles. The van der Waals surface area contributed by atoms with Crippen LogP contribution in [0.25, 0.3) is 0 Å². The molecule has 1 aliphatic carbocycles. The highest BCUT2D eigenvalue weighted by molar-refractivity contribution is 5.79. The molecule has 1 saturated carbocycles. The maximum atomic E-state index is 12.8. The van der Waals surface area contributed by atoms with E-state index in [4.69, 9.17) is 9.97 Å². The first-order valence-corrected chi connectivity index (χ1v) is 9.74. The van der Waals surface area contributed by atoms with Gasteiger partial charge in [0.2, 0.25) is 11.9 Å². The van der Waals surface area contributed by atoms with Gasteiger partial charge in [0.25, 0.3) is 0 Å². The molecule has 3 aliphatic rings. The number of rotatable bonds is 3. The van der Waals surface area contributed by atoms with Gasteiger partial charge < -0.3 is 14.7 Å². The fraction of sp³-hybridized carbons (Fsp3) is 0.737. The molecule has 6 heteroatoms. The molecule has 1 saturated heterocycles. The number of anilines is 2. The molecule has 136 valence electrons. The van der Waals surface area contributed by atoms with Crippen molar-refractivity contribution in [3.63, 3.8) is 0 Å². The summed E-state index contributed by atoms with van der Waals surface area (Å²) in [5, 5.41) is 0. The summed E-state index contributed by atoms with van der Waals surface area (Å²) in [4.78, 5) is 29.0. The van der Waals surface area contributed by atoms with Crippen LogP contribution in [-0.2, 0) is 17.8 Å². The van der Waals surface area contributed by atoms with Crippen LogP contribution in [0.2, 0.25) is 0 Å². The molecule has 4 rings (SSSR count). The Morgan fingerprint density at radius 3 is 2.44 bits per heavy atom. The van der Waals surface area contributed by atoms with E-state index in [1.807, 2.05) is 19.0 Å². The fourth-order valence-electron chi connectivity index (χ4n) is 4.43. The minimum absolute atomic E-state index is 0.245. The lowest BCUT2D eigenvalue weighted by atomic mass is 10.0. The fourth-order valence-corrected chi connectivity index (χ4v) is 4.43. The number of amides is 1. The summed E-state index contributed by atoms with van der Waals surface area (Å²) in [5.41, 5.74) is 2.28. The minimum Gasteiger partial charge on any atom is -0.362 e. The Morgan fingerprint density at radius 2 is 1.76 bits per heavy atom. The van der Waals surface area contributed by atoms with Crippen LogP contribution in [0.15, 0.2) is 0 Å². The topological polar surface area (TPSA) is 52.6 Å². The Morgan fingerprint density at radius 1 is 1.04 bits per heavy atom. The second kappa shape index (κ2) is 6.81. The number of aromatic nitrogens is 2. The summed E-state index contributed by atoms with van der Waals surface area (Å²) in [5.74, 6) is 2.44. The van der Waals surface area contributed by atoms with Gasteiger partial charge in [-0.25, -0.2) is 4.98 Å². The van der Waals surface area contributed by atoms with E-state index in [0.29, 0.717) is 12.5 Å². The normalized spacial score (nSPS) is 20.9. The van der Waals surface area contributed by atoms with Crippen LogP contribution >= 0.6 is 0 Å². The third-order valence-electron chi connectivity index (χ3n) is 5.86. The molecule has 1 amide bonds. The quantitative estimate of drug-likeness (QED) is 0.842. The average molecular weight is 343 g/mol. The third kappa shape index (κ3) is 3.18. The van der Waals surface area contributed by atoms with E-state index in [-0.39, 0.29) is 5.92 Å². The summed E-state index contributed by atoms with van der Waals surface area (Å²) in [6.07, 6.45) is 7.82. The predicted molar refractivity (Wildman–Crippen MR) is 98.9 cm³/mol. The van der Waals surface area contributed by atoms with Crippen molar-refractivity contribution in [3.05, 3.63) is 11.3 Å².